The topological polar surface area (TPSA) is 38.3 Å². The van der Waals surface area contributed by atoms with E-state index in [4.69, 9.17) is 4.74 Å². The van der Waals surface area contributed by atoms with Crippen LogP contribution < -0.4 is 5.32 Å². The maximum Gasteiger partial charge on any atom is 0.236 e. The Morgan fingerprint density at radius 2 is 2.17 bits per heavy atom. The zero-order valence-corrected chi connectivity index (χ0v) is 9.56. The molecular weight excluding hydrogens is 222 g/mol. The molecule has 1 unspecified atom stereocenters. The zero-order chi connectivity index (χ0) is 9.78. The highest BCUT2D eigenvalue weighted by molar-refractivity contribution is 9.10. The highest BCUT2D eigenvalue weighted by atomic mass is 79.9. The monoisotopic (exact) mass is 237 g/mol. The lowest BCUT2D eigenvalue weighted by molar-refractivity contribution is -0.123. The van der Waals surface area contributed by atoms with Crippen LogP contribution in [0.25, 0.3) is 0 Å². The molecule has 1 N–H and O–H groups in total. The fourth-order valence-electron chi connectivity index (χ4n) is 0.687. The number of hydrogen-bond donors (Lipinski definition) is 1. The zero-order valence-electron chi connectivity index (χ0n) is 7.98. The largest absolute Gasteiger partial charge is 0.383 e. The molecule has 0 saturated heterocycles. The minimum Gasteiger partial charge on any atom is -0.383 e. The third-order valence-electron chi connectivity index (χ3n) is 1.33. The number of alkyl halides is 1. The number of methoxy groups -OCH3 is 1. The van der Waals surface area contributed by atoms with Crippen LogP contribution in [0.1, 0.15) is 20.8 Å². The van der Waals surface area contributed by atoms with Gasteiger partial charge < -0.3 is 10.1 Å². The summed E-state index contributed by atoms with van der Waals surface area (Å²) >= 11 is 3.27. The van der Waals surface area contributed by atoms with Gasteiger partial charge in [-0.25, -0.2) is 0 Å². The Labute approximate surface area is 82.0 Å². The molecule has 12 heavy (non-hydrogen) atoms. The Hall–Kier alpha value is -0.0900. The summed E-state index contributed by atoms with van der Waals surface area (Å²) in [6.07, 6.45) is 0. The number of carbonyl (C=O) groups is 1. The second-order valence-electron chi connectivity index (χ2n) is 3.30. The molecule has 1 amide bonds. The van der Waals surface area contributed by atoms with Gasteiger partial charge in [-0.3, -0.25) is 4.79 Å². The number of ether oxygens (including phenoxy) is 1. The van der Waals surface area contributed by atoms with E-state index in [9.17, 15) is 4.79 Å². The van der Waals surface area contributed by atoms with Crippen LogP contribution in [0, 0.1) is 0 Å². The van der Waals surface area contributed by atoms with Crippen LogP contribution in [0.2, 0.25) is 0 Å². The number of carbonyl (C=O) groups excluding carboxylic acids is 1. The Kier molecular flexibility index (Phi) is 4.78. The van der Waals surface area contributed by atoms with Crippen molar-refractivity contribution < 1.29 is 9.53 Å². The van der Waals surface area contributed by atoms with Gasteiger partial charge in [0.05, 0.1) is 10.9 Å². The second kappa shape index (κ2) is 4.82. The molecule has 0 aromatic carbocycles. The standard InChI is InChI=1S/C8H16BrNO2/c1-6(5-12-4)10-7(11)8(2,3)9/h6H,5H2,1-4H3,(H,10,11). The van der Waals surface area contributed by atoms with Gasteiger partial charge >= 0.3 is 0 Å². The van der Waals surface area contributed by atoms with Crippen molar-refractivity contribution in [3.8, 4) is 0 Å². The maximum atomic E-state index is 11.3. The van der Waals surface area contributed by atoms with Crippen molar-refractivity contribution in [1.29, 1.82) is 0 Å². The Morgan fingerprint density at radius 1 is 1.67 bits per heavy atom. The first-order valence-corrected chi connectivity index (χ1v) is 4.66. The normalized spacial score (nSPS) is 14.1. The third kappa shape index (κ3) is 4.72. The summed E-state index contributed by atoms with van der Waals surface area (Å²) in [4.78, 5) is 11.3. The lowest BCUT2D eigenvalue weighted by Crippen LogP contribution is -2.44. The molecule has 0 aliphatic heterocycles. The highest BCUT2D eigenvalue weighted by Gasteiger charge is 2.24. The quantitative estimate of drug-likeness (QED) is 0.750. The van der Waals surface area contributed by atoms with Gasteiger partial charge in [0.25, 0.3) is 0 Å². The van der Waals surface area contributed by atoms with Crippen LogP contribution in [0.5, 0.6) is 0 Å². The second-order valence-corrected chi connectivity index (χ2v) is 5.28. The number of halogens is 1. The van der Waals surface area contributed by atoms with E-state index >= 15 is 0 Å². The maximum absolute atomic E-state index is 11.3. The molecule has 4 heteroatoms. The van der Waals surface area contributed by atoms with E-state index in [1.165, 1.54) is 0 Å². The van der Waals surface area contributed by atoms with Crippen LogP contribution in [0.4, 0.5) is 0 Å². The molecule has 0 aliphatic rings. The summed E-state index contributed by atoms with van der Waals surface area (Å²) in [6.45, 7) is 6.05. The van der Waals surface area contributed by atoms with E-state index in [1.54, 1.807) is 7.11 Å². The van der Waals surface area contributed by atoms with E-state index in [0.29, 0.717) is 6.61 Å². The summed E-state index contributed by atoms with van der Waals surface area (Å²) in [5.74, 6) is -0.0212. The average molecular weight is 238 g/mol. The number of nitrogens with one attached hydrogen (secondary N) is 1. The van der Waals surface area contributed by atoms with Crippen molar-refractivity contribution in [3.63, 3.8) is 0 Å². The molecule has 72 valence electrons. The highest BCUT2D eigenvalue weighted by Crippen LogP contribution is 2.15. The van der Waals surface area contributed by atoms with Crippen LogP contribution in [0.15, 0.2) is 0 Å². The van der Waals surface area contributed by atoms with Crippen LogP contribution in [-0.4, -0.2) is 30.0 Å². The first-order chi connectivity index (χ1) is 5.38. The van der Waals surface area contributed by atoms with E-state index in [2.05, 4.69) is 21.2 Å². The molecule has 0 radical (unpaired) electrons. The summed E-state index contributed by atoms with van der Waals surface area (Å²) in [5, 5.41) is 2.81. The van der Waals surface area contributed by atoms with Crippen molar-refractivity contribution in [2.75, 3.05) is 13.7 Å². The first kappa shape index (κ1) is 11.9. The summed E-state index contributed by atoms with van der Waals surface area (Å²) < 4.78 is 4.38. The third-order valence-corrected chi connectivity index (χ3v) is 1.69. The van der Waals surface area contributed by atoms with E-state index in [0.717, 1.165) is 0 Å². The molecule has 0 aliphatic carbocycles. The minimum absolute atomic E-state index is 0.0212. The molecule has 0 heterocycles. The summed E-state index contributed by atoms with van der Waals surface area (Å²) in [5.41, 5.74) is 0. The molecule has 0 aromatic heterocycles. The van der Waals surface area contributed by atoms with Gasteiger partial charge in [-0.1, -0.05) is 15.9 Å². The predicted molar refractivity (Wildman–Crippen MR) is 52.5 cm³/mol. The molecule has 1 atom stereocenters. The number of rotatable bonds is 4. The number of amides is 1. The Morgan fingerprint density at radius 3 is 2.50 bits per heavy atom. The fraction of sp³-hybridized carbons (Fsp3) is 0.875. The smallest absolute Gasteiger partial charge is 0.236 e. The van der Waals surface area contributed by atoms with Gasteiger partial charge in [0.2, 0.25) is 5.91 Å². The average Bonchev–Trinajstić information content (AvgIpc) is 1.85. The van der Waals surface area contributed by atoms with Crippen LogP contribution in [0.3, 0.4) is 0 Å². The Balaban J connectivity index is 3.85. The predicted octanol–water partition coefficient (Wildman–Crippen LogP) is 1.31. The summed E-state index contributed by atoms with van der Waals surface area (Å²) in [7, 11) is 1.61. The van der Waals surface area contributed by atoms with Crippen molar-refractivity contribution >= 4 is 21.8 Å². The van der Waals surface area contributed by atoms with Gasteiger partial charge in [-0.05, 0) is 20.8 Å². The van der Waals surface area contributed by atoms with Gasteiger partial charge in [0, 0.05) is 13.2 Å². The molecule has 3 nitrogen and oxygen atoms in total. The molecule has 0 saturated carbocycles. The van der Waals surface area contributed by atoms with Gasteiger partial charge in [-0.15, -0.1) is 0 Å². The minimum atomic E-state index is -0.505. The van der Waals surface area contributed by atoms with Gasteiger partial charge in [-0.2, -0.15) is 0 Å². The molecule has 0 rings (SSSR count). The van der Waals surface area contributed by atoms with Crippen molar-refractivity contribution in [2.24, 2.45) is 0 Å². The number of hydrogen-bond acceptors (Lipinski definition) is 2. The molecule has 0 bridgehead atoms. The SMILES string of the molecule is COCC(C)NC(=O)C(C)(C)Br. The lowest BCUT2D eigenvalue weighted by Gasteiger charge is -2.19. The molecule has 0 spiro atoms. The lowest BCUT2D eigenvalue weighted by atomic mass is 10.2. The first-order valence-electron chi connectivity index (χ1n) is 3.86. The van der Waals surface area contributed by atoms with E-state index < -0.39 is 4.32 Å². The van der Waals surface area contributed by atoms with Crippen LogP contribution in [-0.2, 0) is 9.53 Å². The van der Waals surface area contributed by atoms with Crippen molar-refractivity contribution in [2.45, 2.75) is 31.1 Å². The van der Waals surface area contributed by atoms with Gasteiger partial charge in [0.1, 0.15) is 0 Å². The molecule has 0 fully saturated rings. The van der Waals surface area contributed by atoms with Gasteiger partial charge in [0.15, 0.2) is 0 Å². The molecular formula is C8H16BrNO2. The van der Waals surface area contributed by atoms with E-state index in [1.807, 2.05) is 20.8 Å². The van der Waals surface area contributed by atoms with E-state index in [-0.39, 0.29) is 11.9 Å². The van der Waals surface area contributed by atoms with Crippen molar-refractivity contribution in [1.82, 2.24) is 5.32 Å². The van der Waals surface area contributed by atoms with Crippen molar-refractivity contribution in [3.05, 3.63) is 0 Å². The fourth-order valence-corrected chi connectivity index (χ4v) is 0.802. The van der Waals surface area contributed by atoms with Crippen LogP contribution >= 0.6 is 15.9 Å². The Bertz CT molecular complexity index is 154. The summed E-state index contributed by atoms with van der Waals surface area (Å²) in [6, 6.07) is 0.0549. The molecule has 0 aromatic rings.